The van der Waals surface area contributed by atoms with Crippen LogP contribution in [-0.2, 0) is 9.53 Å². The van der Waals surface area contributed by atoms with Gasteiger partial charge in [-0.1, -0.05) is 12.1 Å². The van der Waals surface area contributed by atoms with Crippen molar-refractivity contribution in [2.24, 2.45) is 0 Å². The maximum Gasteiger partial charge on any atom is 0.332 e. The van der Waals surface area contributed by atoms with Gasteiger partial charge in [0.05, 0.1) is 23.3 Å². The Kier molecular flexibility index (Phi) is 3.82. The van der Waals surface area contributed by atoms with Crippen molar-refractivity contribution < 1.29 is 24.2 Å². The summed E-state index contributed by atoms with van der Waals surface area (Å²) in [6.45, 7) is 4.69. The molecule has 1 aromatic carbocycles. The fraction of sp³-hybridized carbons (Fsp3) is 0.400. The van der Waals surface area contributed by atoms with Crippen LogP contribution < -0.4 is 0 Å². The van der Waals surface area contributed by atoms with E-state index in [0.29, 0.717) is 11.1 Å². The third kappa shape index (κ3) is 2.67. The van der Waals surface area contributed by atoms with Crippen molar-refractivity contribution in [3.63, 3.8) is 0 Å². The smallest absolute Gasteiger partial charge is 0.332 e. The van der Waals surface area contributed by atoms with E-state index < -0.39 is 17.6 Å². The van der Waals surface area contributed by atoms with Crippen LogP contribution in [0.15, 0.2) is 24.3 Å². The summed E-state index contributed by atoms with van der Waals surface area (Å²) in [5.74, 6) is -1.85. The largest absolute Gasteiger partial charge is 0.479 e. The molecule has 0 spiro atoms. The van der Waals surface area contributed by atoms with E-state index in [-0.39, 0.29) is 18.4 Å². The van der Waals surface area contributed by atoms with Gasteiger partial charge in [0.2, 0.25) is 0 Å². The Morgan fingerprint density at radius 1 is 1.24 bits per heavy atom. The van der Waals surface area contributed by atoms with Crippen LogP contribution in [0.4, 0.5) is 0 Å². The number of carboxylic acids is 1. The monoisotopic (exact) mass is 291 g/mol. The zero-order valence-corrected chi connectivity index (χ0v) is 12.1. The van der Waals surface area contributed by atoms with Crippen molar-refractivity contribution in [3.05, 3.63) is 35.4 Å². The molecule has 0 saturated carbocycles. The lowest BCUT2D eigenvalue weighted by atomic mass is 10.0. The minimum absolute atomic E-state index is 0.0497. The van der Waals surface area contributed by atoms with Crippen LogP contribution in [0.25, 0.3) is 0 Å². The number of aliphatic carboxylic acids is 1. The lowest BCUT2D eigenvalue weighted by Crippen LogP contribution is -2.51. The van der Waals surface area contributed by atoms with Gasteiger partial charge in [0.25, 0.3) is 11.8 Å². The molecular formula is C15H17NO5. The SMILES string of the molecule is CC(OCC(C)(C)N1C(=O)c2ccccc2C1=O)C(=O)O. The van der Waals surface area contributed by atoms with E-state index in [9.17, 15) is 14.4 Å². The van der Waals surface area contributed by atoms with Gasteiger partial charge in [-0.2, -0.15) is 0 Å². The third-order valence-corrected chi connectivity index (χ3v) is 3.43. The van der Waals surface area contributed by atoms with Crippen LogP contribution in [0.5, 0.6) is 0 Å². The Hall–Kier alpha value is -2.21. The highest BCUT2D eigenvalue weighted by molar-refractivity contribution is 6.21. The summed E-state index contributed by atoms with van der Waals surface area (Å²) in [5, 5.41) is 8.82. The van der Waals surface area contributed by atoms with Crippen molar-refractivity contribution in [2.75, 3.05) is 6.61 Å². The normalized spacial score (nSPS) is 16.0. The highest BCUT2D eigenvalue weighted by atomic mass is 16.5. The molecule has 2 amide bonds. The molecule has 21 heavy (non-hydrogen) atoms. The maximum atomic E-state index is 12.4. The fourth-order valence-corrected chi connectivity index (χ4v) is 2.20. The zero-order chi connectivity index (χ0) is 15.8. The standard InChI is InChI=1S/C15H17NO5/c1-9(14(19)20)21-8-15(2,3)16-12(17)10-6-4-5-7-11(10)13(16)18/h4-7,9H,8H2,1-3H3,(H,19,20). The first-order valence-corrected chi connectivity index (χ1v) is 6.58. The number of carbonyl (C=O) groups is 3. The number of nitrogens with zero attached hydrogens (tertiary/aromatic N) is 1. The summed E-state index contributed by atoms with van der Waals surface area (Å²) >= 11 is 0. The molecule has 1 N–H and O–H groups in total. The van der Waals surface area contributed by atoms with E-state index in [2.05, 4.69) is 0 Å². The van der Waals surface area contributed by atoms with Gasteiger partial charge in [0.15, 0.2) is 6.10 Å². The maximum absolute atomic E-state index is 12.4. The van der Waals surface area contributed by atoms with Crippen LogP contribution in [0, 0.1) is 0 Å². The number of amides is 2. The number of carbonyl (C=O) groups excluding carboxylic acids is 2. The molecule has 0 aromatic heterocycles. The number of ether oxygens (including phenoxy) is 1. The number of fused-ring (bicyclic) bond motifs is 1. The number of imide groups is 1. The number of benzene rings is 1. The molecule has 0 fully saturated rings. The number of hydrogen-bond donors (Lipinski definition) is 1. The molecule has 6 heteroatoms. The van der Waals surface area contributed by atoms with Gasteiger partial charge >= 0.3 is 5.97 Å². The highest BCUT2D eigenvalue weighted by Gasteiger charge is 2.44. The van der Waals surface area contributed by atoms with Crippen molar-refractivity contribution in [2.45, 2.75) is 32.4 Å². The van der Waals surface area contributed by atoms with E-state index in [4.69, 9.17) is 9.84 Å². The summed E-state index contributed by atoms with van der Waals surface area (Å²) in [4.78, 5) is 36.6. The number of rotatable bonds is 5. The van der Waals surface area contributed by atoms with Gasteiger partial charge in [-0.05, 0) is 32.9 Å². The van der Waals surface area contributed by atoms with E-state index in [1.807, 2.05) is 0 Å². The molecule has 2 rings (SSSR count). The van der Waals surface area contributed by atoms with Crippen LogP contribution in [-0.4, -0.2) is 46.0 Å². The van der Waals surface area contributed by atoms with E-state index in [1.54, 1.807) is 38.1 Å². The average molecular weight is 291 g/mol. The van der Waals surface area contributed by atoms with Crippen LogP contribution >= 0.6 is 0 Å². The third-order valence-electron chi connectivity index (χ3n) is 3.43. The molecule has 0 saturated heterocycles. The summed E-state index contributed by atoms with van der Waals surface area (Å²) in [7, 11) is 0. The molecule has 6 nitrogen and oxygen atoms in total. The van der Waals surface area contributed by atoms with Crippen LogP contribution in [0.1, 0.15) is 41.5 Å². The van der Waals surface area contributed by atoms with Crippen molar-refractivity contribution in [1.82, 2.24) is 4.90 Å². The van der Waals surface area contributed by atoms with E-state index >= 15 is 0 Å². The molecule has 1 heterocycles. The Labute approximate surface area is 122 Å². The van der Waals surface area contributed by atoms with E-state index in [1.165, 1.54) is 6.92 Å². The predicted molar refractivity (Wildman–Crippen MR) is 74.1 cm³/mol. The number of carboxylic acid groups (broad SMARTS) is 1. The summed E-state index contributed by atoms with van der Waals surface area (Å²) in [6.07, 6.45) is -1.00. The Morgan fingerprint density at radius 3 is 2.14 bits per heavy atom. The van der Waals surface area contributed by atoms with Crippen molar-refractivity contribution in [1.29, 1.82) is 0 Å². The van der Waals surface area contributed by atoms with Gasteiger partial charge in [-0.3, -0.25) is 14.5 Å². The predicted octanol–water partition coefficient (Wildman–Crippen LogP) is 1.55. The molecule has 1 aromatic rings. The van der Waals surface area contributed by atoms with Gasteiger partial charge in [-0.25, -0.2) is 4.79 Å². The molecular weight excluding hydrogens is 274 g/mol. The fourth-order valence-electron chi connectivity index (χ4n) is 2.20. The quantitative estimate of drug-likeness (QED) is 0.832. The first-order valence-electron chi connectivity index (χ1n) is 6.58. The Bertz CT molecular complexity index is 573. The van der Waals surface area contributed by atoms with E-state index in [0.717, 1.165) is 4.90 Å². The van der Waals surface area contributed by atoms with Crippen molar-refractivity contribution in [3.8, 4) is 0 Å². The Balaban J connectivity index is 2.20. The molecule has 0 radical (unpaired) electrons. The van der Waals surface area contributed by atoms with Crippen LogP contribution in [0.2, 0.25) is 0 Å². The molecule has 1 atom stereocenters. The van der Waals surface area contributed by atoms with Gasteiger partial charge in [-0.15, -0.1) is 0 Å². The lowest BCUT2D eigenvalue weighted by Gasteiger charge is -2.34. The molecule has 1 aliphatic rings. The molecule has 112 valence electrons. The molecule has 1 unspecified atom stereocenters. The Morgan fingerprint density at radius 2 is 1.71 bits per heavy atom. The second kappa shape index (κ2) is 5.29. The minimum atomic E-state index is -1.09. The average Bonchev–Trinajstić information content (AvgIpc) is 2.69. The zero-order valence-electron chi connectivity index (χ0n) is 12.1. The first kappa shape index (κ1) is 15.2. The first-order chi connectivity index (χ1) is 9.75. The number of hydrogen-bond acceptors (Lipinski definition) is 4. The summed E-state index contributed by atoms with van der Waals surface area (Å²) in [6, 6.07) is 6.60. The molecule has 1 aliphatic heterocycles. The van der Waals surface area contributed by atoms with Crippen molar-refractivity contribution >= 4 is 17.8 Å². The highest BCUT2D eigenvalue weighted by Crippen LogP contribution is 2.29. The van der Waals surface area contributed by atoms with Gasteiger partial charge < -0.3 is 9.84 Å². The molecule has 0 aliphatic carbocycles. The summed E-state index contributed by atoms with van der Waals surface area (Å²) < 4.78 is 5.23. The van der Waals surface area contributed by atoms with Gasteiger partial charge in [0.1, 0.15) is 0 Å². The van der Waals surface area contributed by atoms with Crippen LogP contribution in [0.3, 0.4) is 0 Å². The topological polar surface area (TPSA) is 83.9 Å². The van der Waals surface area contributed by atoms with Gasteiger partial charge in [0, 0.05) is 0 Å². The molecule has 0 bridgehead atoms. The minimum Gasteiger partial charge on any atom is -0.479 e. The summed E-state index contributed by atoms with van der Waals surface area (Å²) in [5.41, 5.74) is -0.208. The second-order valence-electron chi connectivity index (χ2n) is 5.60. The second-order valence-corrected chi connectivity index (χ2v) is 5.60. The lowest BCUT2D eigenvalue weighted by molar-refractivity contribution is -0.150.